The van der Waals surface area contributed by atoms with Gasteiger partial charge in [0.2, 0.25) is 0 Å². The van der Waals surface area contributed by atoms with Crippen molar-refractivity contribution in [3.05, 3.63) is 65.1 Å². The van der Waals surface area contributed by atoms with Gasteiger partial charge in [0.15, 0.2) is 5.13 Å². The van der Waals surface area contributed by atoms with Gasteiger partial charge in [-0.3, -0.25) is 4.72 Å². The number of sulfonamides is 1. The summed E-state index contributed by atoms with van der Waals surface area (Å²) in [5, 5.41) is 2.24. The number of anilines is 1. The normalized spacial score (nSPS) is 11.9. The van der Waals surface area contributed by atoms with E-state index in [0.29, 0.717) is 5.13 Å². The quantitative estimate of drug-likeness (QED) is 0.508. The molecule has 0 aliphatic rings. The van der Waals surface area contributed by atoms with Crippen LogP contribution in [0.15, 0.2) is 70.0 Å². The average Bonchev–Trinajstić information content (AvgIpc) is 2.94. The number of rotatable bonds is 3. The summed E-state index contributed by atoms with van der Waals surface area (Å²) in [7, 11) is -3.68. The first kappa shape index (κ1) is 15.6. The number of nitrogens with one attached hydrogen (secondary N) is 1. The second-order valence-electron chi connectivity index (χ2n) is 5.25. The molecule has 120 valence electrons. The second-order valence-corrected chi connectivity index (χ2v) is 8.87. The topological polar surface area (TPSA) is 59.1 Å². The Balaban J connectivity index is 1.72. The Morgan fingerprint density at radius 3 is 2.58 bits per heavy atom. The number of thiazole rings is 1. The molecule has 0 atom stereocenters. The van der Waals surface area contributed by atoms with E-state index < -0.39 is 10.0 Å². The van der Waals surface area contributed by atoms with Crippen LogP contribution < -0.4 is 4.72 Å². The molecule has 0 radical (unpaired) electrons. The number of halogens is 1. The van der Waals surface area contributed by atoms with Crippen molar-refractivity contribution in [2.24, 2.45) is 0 Å². The molecule has 4 rings (SSSR count). The van der Waals surface area contributed by atoms with Crippen molar-refractivity contribution in [2.45, 2.75) is 4.90 Å². The molecule has 0 amide bonds. The third-order valence-electron chi connectivity index (χ3n) is 3.60. The van der Waals surface area contributed by atoms with Crippen molar-refractivity contribution < 1.29 is 8.42 Å². The van der Waals surface area contributed by atoms with Crippen molar-refractivity contribution >= 4 is 63.4 Å². The molecule has 1 aromatic heterocycles. The van der Waals surface area contributed by atoms with E-state index in [1.54, 1.807) is 18.2 Å². The maximum absolute atomic E-state index is 12.6. The van der Waals surface area contributed by atoms with E-state index in [-0.39, 0.29) is 4.90 Å². The summed E-state index contributed by atoms with van der Waals surface area (Å²) in [5.74, 6) is 0. The fourth-order valence-corrected chi connectivity index (χ4v) is 5.14. The maximum atomic E-state index is 12.6. The number of benzene rings is 3. The number of aromatic nitrogens is 1. The van der Waals surface area contributed by atoms with Crippen LogP contribution in [0, 0.1) is 0 Å². The summed E-state index contributed by atoms with van der Waals surface area (Å²) in [4.78, 5) is 4.56. The molecule has 24 heavy (non-hydrogen) atoms. The molecule has 1 N–H and O–H groups in total. The van der Waals surface area contributed by atoms with E-state index in [1.165, 1.54) is 11.3 Å². The van der Waals surface area contributed by atoms with Gasteiger partial charge in [0, 0.05) is 4.47 Å². The van der Waals surface area contributed by atoms with Gasteiger partial charge in [-0.05, 0) is 41.1 Å². The van der Waals surface area contributed by atoms with Crippen molar-refractivity contribution in [1.29, 1.82) is 0 Å². The molecule has 3 aromatic carbocycles. The highest BCUT2D eigenvalue weighted by Crippen LogP contribution is 2.30. The SMILES string of the molecule is O=S(=O)(Nc1nc2ccc(Br)cc2s1)c1ccc2ccccc2c1. The molecule has 0 aliphatic carbocycles. The van der Waals surface area contributed by atoms with Crippen LogP contribution in [0.2, 0.25) is 0 Å². The Morgan fingerprint density at radius 1 is 0.958 bits per heavy atom. The van der Waals surface area contributed by atoms with Crippen LogP contribution in [0.25, 0.3) is 21.0 Å². The van der Waals surface area contributed by atoms with E-state index in [2.05, 4.69) is 25.6 Å². The third-order valence-corrected chi connectivity index (χ3v) is 6.50. The van der Waals surface area contributed by atoms with Crippen LogP contribution in [0.4, 0.5) is 5.13 Å². The zero-order valence-electron chi connectivity index (χ0n) is 12.2. The Hall–Kier alpha value is -1.96. The largest absolute Gasteiger partial charge is 0.263 e. The summed E-state index contributed by atoms with van der Waals surface area (Å²) >= 11 is 4.71. The number of hydrogen-bond acceptors (Lipinski definition) is 4. The van der Waals surface area contributed by atoms with Crippen LogP contribution in [0.3, 0.4) is 0 Å². The highest BCUT2D eigenvalue weighted by atomic mass is 79.9. The Labute approximate surface area is 151 Å². The van der Waals surface area contributed by atoms with Crippen LogP contribution in [-0.4, -0.2) is 13.4 Å². The first-order valence-electron chi connectivity index (χ1n) is 7.09. The van der Waals surface area contributed by atoms with Gasteiger partial charge in [-0.25, -0.2) is 13.4 Å². The first-order chi connectivity index (χ1) is 11.5. The molecule has 0 unspecified atom stereocenters. The highest BCUT2D eigenvalue weighted by molar-refractivity contribution is 9.10. The smallest absolute Gasteiger partial charge is 0.255 e. The monoisotopic (exact) mass is 418 g/mol. The summed E-state index contributed by atoms with van der Waals surface area (Å²) in [6.45, 7) is 0. The van der Waals surface area contributed by atoms with Gasteiger partial charge in [-0.15, -0.1) is 0 Å². The standard InChI is InChI=1S/C17H11BrN2O2S2/c18-13-6-8-15-16(10-13)23-17(19-15)20-24(21,22)14-7-5-11-3-1-2-4-12(11)9-14/h1-10H,(H,19,20). The zero-order chi connectivity index (χ0) is 16.7. The van der Waals surface area contributed by atoms with E-state index in [4.69, 9.17) is 0 Å². The molecule has 4 nitrogen and oxygen atoms in total. The minimum Gasteiger partial charge on any atom is -0.255 e. The fourth-order valence-electron chi connectivity index (χ4n) is 2.45. The first-order valence-corrected chi connectivity index (χ1v) is 10.2. The summed E-state index contributed by atoms with van der Waals surface area (Å²) in [6, 6.07) is 18.4. The Morgan fingerprint density at radius 2 is 1.75 bits per heavy atom. The molecule has 1 heterocycles. The molecule has 0 spiro atoms. The van der Waals surface area contributed by atoms with Crippen molar-refractivity contribution in [3.63, 3.8) is 0 Å². The van der Waals surface area contributed by atoms with Gasteiger partial charge < -0.3 is 0 Å². The lowest BCUT2D eigenvalue weighted by atomic mass is 10.1. The maximum Gasteiger partial charge on any atom is 0.263 e. The average molecular weight is 419 g/mol. The summed E-state index contributed by atoms with van der Waals surface area (Å²) in [5.41, 5.74) is 0.763. The lowest BCUT2D eigenvalue weighted by Crippen LogP contribution is -2.12. The molecule has 0 fully saturated rings. The van der Waals surface area contributed by atoms with E-state index in [0.717, 1.165) is 25.5 Å². The minimum atomic E-state index is -3.68. The predicted molar refractivity (Wildman–Crippen MR) is 102 cm³/mol. The predicted octanol–water partition coefficient (Wildman–Crippen LogP) is 5.01. The number of fused-ring (bicyclic) bond motifs is 2. The van der Waals surface area contributed by atoms with E-state index in [9.17, 15) is 8.42 Å². The molecule has 7 heteroatoms. The lowest BCUT2D eigenvalue weighted by molar-refractivity contribution is 0.601. The molecule has 0 saturated carbocycles. The Kier molecular flexibility index (Phi) is 3.79. The Bertz CT molecular complexity index is 1170. The fraction of sp³-hybridized carbons (Fsp3) is 0. The van der Waals surface area contributed by atoms with Gasteiger partial charge >= 0.3 is 0 Å². The molecular formula is C17H11BrN2O2S2. The minimum absolute atomic E-state index is 0.224. The van der Waals surface area contributed by atoms with Crippen LogP contribution in [0.5, 0.6) is 0 Å². The van der Waals surface area contributed by atoms with Crippen molar-refractivity contribution in [3.8, 4) is 0 Å². The van der Waals surface area contributed by atoms with Crippen LogP contribution in [0.1, 0.15) is 0 Å². The molecule has 0 aliphatic heterocycles. The van der Waals surface area contributed by atoms with E-state index in [1.807, 2.05) is 42.5 Å². The zero-order valence-corrected chi connectivity index (χ0v) is 15.5. The molecular weight excluding hydrogens is 408 g/mol. The van der Waals surface area contributed by atoms with Crippen molar-refractivity contribution in [1.82, 2.24) is 4.98 Å². The van der Waals surface area contributed by atoms with Crippen molar-refractivity contribution in [2.75, 3.05) is 4.72 Å². The second kappa shape index (κ2) is 5.84. The van der Waals surface area contributed by atoms with Gasteiger partial charge in [0.25, 0.3) is 10.0 Å². The molecule has 0 saturated heterocycles. The van der Waals surface area contributed by atoms with Gasteiger partial charge in [-0.2, -0.15) is 0 Å². The summed E-state index contributed by atoms with van der Waals surface area (Å²) < 4.78 is 29.7. The molecule has 4 aromatic rings. The number of hydrogen-bond donors (Lipinski definition) is 1. The lowest BCUT2D eigenvalue weighted by Gasteiger charge is -2.06. The van der Waals surface area contributed by atoms with Crippen LogP contribution in [-0.2, 0) is 10.0 Å². The third kappa shape index (κ3) is 2.90. The molecule has 0 bridgehead atoms. The van der Waals surface area contributed by atoms with Gasteiger partial charge in [0.1, 0.15) is 0 Å². The van der Waals surface area contributed by atoms with E-state index >= 15 is 0 Å². The van der Waals surface area contributed by atoms with Crippen LogP contribution >= 0.6 is 27.3 Å². The van der Waals surface area contributed by atoms with Gasteiger partial charge in [0.05, 0.1) is 15.1 Å². The number of nitrogens with zero attached hydrogens (tertiary/aromatic N) is 1. The van der Waals surface area contributed by atoms with Gasteiger partial charge in [-0.1, -0.05) is 57.6 Å². The highest BCUT2D eigenvalue weighted by Gasteiger charge is 2.17. The summed E-state index contributed by atoms with van der Waals surface area (Å²) in [6.07, 6.45) is 0.